The number of carbonyl (C=O) groups is 1. The average Bonchev–Trinajstić information content (AvgIpc) is 1.61. The molecule has 0 bridgehead atoms. The molecule has 0 saturated carbocycles. The lowest BCUT2D eigenvalue weighted by Gasteiger charge is -1.85. The standard InChI is InChI=1S/C4H7N2O/c1-2-3-6-4(5)7/h2H,1,3H2,(H2,5,7). The van der Waals surface area contributed by atoms with E-state index in [-0.39, 0.29) is 0 Å². The Hall–Kier alpha value is -0.990. The number of hydrogen-bond acceptors (Lipinski definition) is 1. The number of primary amides is 1. The van der Waals surface area contributed by atoms with Gasteiger partial charge in [-0.3, -0.25) is 0 Å². The highest BCUT2D eigenvalue weighted by Gasteiger charge is 1.85. The van der Waals surface area contributed by atoms with E-state index in [1.165, 1.54) is 6.08 Å². The van der Waals surface area contributed by atoms with Crippen molar-refractivity contribution in [3.8, 4) is 0 Å². The molecule has 0 atom stereocenters. The van der Waals surface area contributed by atoms with E-state index in [1.807, 2.05) is 0 Å². The summed E-state index contributed by atoms with van der Waals surface area (Å²) in [5.41, 5.74) is 4.63. The Bertz CT molecular complexity index is 79.8. The average molecular weight is 99.1 g/mol. The quantitative estimate of drug-likeness (QED) is 0.481. The van der Waals surface area contributed by atoms with Crippen molar-refractivity contribution in [2.24, 2.45) is 5.73 Å². The predicted octanol–water partition coefficient (Wildman–Crippen LogP) is -0.144. The molecule has 39 valence electrons. The van der Waals surface area contributed by atoms with E-state index in [1.54, 1.807) is 0 Å². The molecule has 0 aliphatic carbocycles. The summed E-state index contributed by atoms with van der Waals surface area (Å²) in [5.74, 6) is 0. The minimum atomic E-state index is -0.639. The van der Waals surface area contributed by atoms with Crippen LogP contribution in [0.5, 0.6) is 0 Å². The van der Waals surface area contributed by atoms with Crippen molar-refractivity contribution in [3.63, 3.8) is 0 Å². The molecule has 2 N–H and O–H groups in total. The Balaban J connectivity index is 2.97. The summed E-state index contributed by atoms with van der Waals surface area (Å²) < 4.78 is 0. The molecule has 7 heavy (non-hydrogen) atoms. The maximum Gasteiger partial charge on any atom is 0.334 e. The first-order valence-electron chi connectivity index (χ1n) is 1.85. The van der Waals surface area contributed by atoms with Crippen molar-refractivity contribution < 1.29 is 4.79 Å². The zero-order chi connectivity index (χ0) is 5.70. The van der Waals surface area contributed by atoms with Crippen molar-refractivity contribution in [2.75, 3.05) is 6.54 Å². The van der Waals surface area contributed by atoms with Gasteiger partial charge < -0.3 is 5.73 Å². The fourth-order valence-electron chi connectivity index (χ4n) is 0.155. The fraction of sp³-hybridized carbons (Fsp3) is 0.250. The van der Waals surface area contributed by atoms with Gasteiger partial charge in [0.1, 0.15) is 0 Å². The summed E-state index contributed by atoms with van der Waals surface area (Å²) >= 11 is 0. The maximum atomic E-state index is 9.77. The lowest BCUT2D eigenvalue weighted by atomic mass is 10.6. The Morgan fingerprint density at radius 2 is 2.57 bits per heavy atom. The van der Waals surface area contributed by atoms with Crippen LogP contribution < -0.4 is 11.1 Å². The van der Waals surface area contributed by atoms with Crippen molar-refractivity contribution in [2.45, 2.75) is 0 Å². The summed E-state index contributed by atoms with van der Waals surface area (Å²) in [5, 5.41) is 3.26. The molecule has 0 spiro atoms. The largest absolute Gasteiger partial charge is 0.350 e. The van der Waals surface area contributed by atoms with Crippen LogP contribution in [0.1, 0.15) is 0 Å². The van der Waals surface area contributed by atoms with Crippen LogP contribution in [0.2, 0.25) is 0 Å². The molecule has 1 radical (unpaired) electrons. The SMILES string of the molecule is C=CC[N]C(N)=O. The first-order chi connectivity index (χ1) is 3.27. The molecule has 0 aromatic carbocycles. The normalized spacial score (nSPS) is 7.43. The van der Waals surface area contributed by atoms with E-state index in [4.69, 9.17) is 0 Å². The van der Waals surface area contributed by atoms with Gasteiger partial charge in [0.15, 0.2) is 0 Å². The highest BCUT2D eigenvalue weighted by Crippen LogP contribution is 1.60. The molecule has 0 fully saturated rings. The zero-order valence-corrected chi connectivity index (χ0v) is 3.92. The lowest BCUT2D eigenvalue weighted by molar-refractivity contribution is 0.249. The Morgan fingerprint density at radius 3 is 2.71 bits per heavy atom. The molecule has 0 heterocycles. The molecule has 3 nitrogen and oxygen atoms in total. The Morgan fingerprint density at radius 1 is 2.00 bits per heavy atom. The summed E-state index contributed by atoms with van der Waals surface area (Å²) in [7, 11) is 0. The third-order valence-electron chi connectivity index (χ3n) is 0.376. The van der Waals surface area contributed by atoms with Gasteiger partial charge in [-0.25, -0.2) is 10.1 Å². The van der Waals surface area contributed by atoms with Crippen LogP contribution in [0.25, 0.3) is 0 Å². The number of amides is 2. The first kappa shape index (κ1) is 6.01. The van der Waals surface area contributed by atoms with Gasteiger partial charge in [-0.2, -0.15) is 0 Å². The summed E-state index contributed by atoms with van der Waals surface area (Å²) in [6.07, 6.45) is 1.50. The summed E-state index contributed by atoms with van der Waals surface area (Å²) in [6.45, 7) is 3.65. The number of nitrogens with zero attached hydrogens (tertiary/aromatic N) is 1. The number of hydrogen-bond donors (Lipinski definition) is 1. The number of nitrogens with two attached hydrogens (primary N) is 1. The molecule has 0 saturated heterocycles. The van der Waals surface area contributed by atoms with E-state index in [2.05, 4.69) is 17.6 Å². The van der Waals surface area contributed by atoms with Crippen LogP contribution in [-0.2, 0) is 0 Å². The summed E-state index contributed by atoms with van der Waals surface area (Å²) in [4.78, 5) is 9.77. The highest BCUT2D eigenvalue weighted by molar-refractivity contribution is 5.71. The molecule has 0 aliphatic rings. The first-order valence-corrected chi connectivity index (χ1v) is 1.85. The fourth-order valence-corrected chi connectivity index (χ4v) is 0.155. The third-order valence-corrected chi connectivity index (χ3v) is 0.376. The highest BCUT2D eigenvalue weighted by atomic mass is 16.2. The molecular weight excluding hydrogens is 92.1 g/mol. The van der Waals surface area contributed by atoms with E-state index in [9.17, 15) is 4.79 Å². The van der Waals surface area contributed by atoms with Crippen molar-refractivity contribution in [1.82, 2.24) is 5.32 Å². The van der Waals surface area contributed by atoms with E-state index in [0.29, 0.717) is 6.54 Å². The molecular formula is C4H7N2O. The van der Waals surface area contributed by atoms with Crippen LogP contribution in [0, 0.1) is 0 Å². The minimum absolute atomic E-state index is 0.315. The predicted molar refractivity (Wildman–Crippen MR) is 26.8 cm³/mol. The van der Waals surface area contributed by atoms with Gasteiger partial charge in [0, 0.05) is 0 Å². The zero-order valence-electron chi connectivity index (χ0n) is 3.92. The molecule has 0 aromatic rings. The van der Waals surface area contributed by atoms with Crippen LogP contribution in [-0.4, -0.2) is 12.6 Å². The number of urea groups is 1. The monoisotopic (exact) mass is 99.1 g/mol. The van der Waals surface area contributed by atoms with Crippen LogP contribution in [0.4, 0.5) is 4.79 Å². The molecule has 0 rings (SSSR count). The Labute approximate surface area is 42.2 Å². The van der Waals surface area contributed by atoms with E-state index >= 15 is 0 Å². The van der Waals surface area contributed by atoms with Crippen molar-refractivity contribution >= 4 is 6.03 Å². The Kier molecular flexibility index (Phi) is 2.76. The van der Waals surface area contributed by atoms with Gasteiger partial charge in [0.2, 0.25) is 0 Å². The second kappa shape index (κ2) is 3.21. The van der Waals surface area contributed by atoms with Gasteiger partial charge in [-0.1, -0.05) is 6.08 Å². The lowest BCUT2D eigenvalue weighted by Crippen LogP contribution is -2.22. The van der Waals surface area contributed by atoms with Crippen LogP contribution in [0.15, 0.2) is 12.7 Å². The van der Waals surface area contributed by atoms with Crippen molar-refractivity contribution in [3.05, 3.63) is 12.7 Å². The van der Waals surface area contributed by atoms with Crippen molar-refractivity contribution in [1.29, 1.82) is 0 Å². The van der Waals surface area contributed by atoms with Crippen LogP contribution in [0.3, 0.4) is 0 Å². The number of rotatable bonds is 2. The third kappa shape index (κ3) is 5.01. The minimum Gasteiger partial charge on any atom is -0.350 e. The van der Waals surface area contributed by atoms with Gasteiger partial charge in [0.25, 0.3) is 0 Å². The second-order valence-corrected chi connectivity index (χ2v) is 0.968. The van der Waals surface area contributed by atoms with Gasteiger partial charge in [-0.15, -0.1) is 6.58 Å². The summed E-state index contributed by atoms with van der Waals surface area (Å²) in [6, 6.07) is -0.639. The number of carbonyl (C=O) groups excluding carboxylic acids is 1. The molecule has 0 unspecified atom stereocenters. The molecule has 2 amide bonds. The van der Waals surface area contributed by atoms with E-state index < -0.39 is 6.03 Å². The topological polar surface area (TPSA) is 57.2 Å². The second-order valence-electron chi connectivity index (χ2n) is 0.968. The van der Waals surface area contributed by atoms with Gasteiger partial charge >= 0.3 is 6.03 Å². The maximum absolute atomic E-state index is 9.77. The van der Waals surface area contributed by atoms with Crippen LogP contribution >= 0.6 is 0 Å². The van der Waals surface area contributed by atoms with E-state index in [0.717, 1.165) is 0 Å². The van der Waals surface area contributed by atoms with Gasteiger partial charge in [-0.05, 0) is 0 Å². The van der Waals surface area contributed by atoms with Gasteiger partial charge in [0.05, 0.1) is 6.54 Å². The molecule has 0 aromatic heterocycles. The molecule has 0 aliphatic heterocycles. The molecule has 3 heteroatoms. The smallest absolute Gasteiger partial charge is 0.334 e.